The van der Waals surface area contributed by atoms with Gasteiger partial charge in [0, 0.05) is 37.8 Å². The van der Waals surface area contributed by atoms with Gasteiger partial charge in [0.2, 0.25) is 0 Å². The summed E-state index contributed by atoms with van der Waals surface area (Å²) in [5, 5.41) is 5.25. The van der Waals surface area contributed by atoms with E-state index in [9.17, 15) is 4.79 Å². The maximum Gasteiger partial charge on any atom is 0.340 e. The van der Waals surface area contributed by atoms with Gasteiger partial charge in [0.1, 0.15) is 6.10 Å². The summed E-state index contributed by atoms with van der Waals surface area (Å²) >= 11 is 0. The Bertz CT molecular complexity index is 952. The molecule has 0 spiro atoms. The zero-order valence-electron chi connectivity index (χ0n) is 16.4. The summed E-state index contributed by atoms with van der Waals surface area (Å²) in [6, 6.07) is 12.2. The Morgan fingerprint density at radius 2 is 2.07 bits per heavy atom. The van der Waals surface area contributed by atoms with Crippen LogP contribution in [0, 0.1) is 5.92 Å². The fraction of sp³-hybridized carbons (Fsp3) is 0.409. The Labute approximate surface area is 165 Å². The number of rotatable bonds is 6. The summed E-state index contributed by atoms with van der Waals surface area (Å²) in [4.78, 5) is 19.4. The van der Waals surface area contributed by atoms with Crippen LogP contribution in [0.2, 0.25) is 0 Å². The van der Waals surface area contributed by atoms with Gasteiger partial charge in [-0.3, -0.25) is 4.90 Å². The van der Waals surface area contributed by atoms with Crippen LogP contribution in [0.4, 0.5) is 0 Å². The van der Waals surface area contributed by atoms with Gasteiger partial charge in [-0.2, -0.15) is 5.10 Å². The van der Waals surface area contributed by atoms with E-state index in [2.05, 4.69) is 53.1 Å². The lowest BCUT2D eigenvalue weighted by Crippen LogP contribution is -2.24. The van der Waals surface area contributed by atoms with Crippen molar-refractivity contribution in [1.82, 2.24) is 19.7 Å². The Morgan fingerprint density at radius 1 is 1.25 bits per heavy atom. The van der Waals surface area contributed by atoms with E-state index in [1.165, 1.54) is 5.56 Å². The van der Waals surface area contributed by atoms with Crippen LogP contribution in [-0.4, -0.2) is 44.8 Å². The van der Waals surface area contributed by atoms with Gasteiger partial charge in [-0.05, 0) is 24.0 Å². The minimum absolute atomic E-state index is 0.0735. The molecule has 28 heavy (non-hydrogen) atoms. The van der Waals surface area contributed by atoms with Crippen LogP contribution in [0.3, 0.4) is 0 Å². The number of aromatic nitrogens is 3. The molecule has 1 saturated heterocycles. The summed E-state index contributed by atoms with van der Waals surface area (Å²) in [6.45, 7) is 7.68. The van der Waals surface area contributed by atoms with E-state index in [0.717, 1.165) is 43.6 Å². The molecular formula is C22H26N4O2. The number of nitrogens with zero attached hydrogens (tertiary/aromatic N) is 4. The Balaban J connectivity index is 1.37. The first-order valence-electron chi connectivity index (χ1n) is 9.87. The van der Waals surface area contributed by atoms with E-state index in [1.807, 2.05) is 16.8 Å². The molecule has 146 valence electrons. The molecule has 0 N–H and O–H groups in total. The van der Waals surface area contributed by atoms with Gasteiger partial charge in [-0.15, -0.1) is 0 Å². The third-order valence-electron chi connectivity index (χ3n) is 5.00. The zero-order valence-corrected chi connectivity index (χ0v) is 16.4. The maximum absolute atomic E-state index is 12.6. The molecule has 0 amide bonds. The first kappa shape index (κ1) is 18.6. The smallest absolute Gasteiger partial charge is 0.340 e. The van der Waals surface area contributed by atoms with Crippen molar-refractivity contribution in [3.05, 3.63) is 59.9 Å². The minimum Gasteiger partial charge on any atom is -0.457 e. The third-order valence-corrected chi connectivity index (χ3v) is 5.00. The highest BCUT2D eigenvalue weighted by molar-refractivity contribution is 5.93. The van der Waals surface area contributed by atoms with Crippen molar-refractivity contribution in [1.29, 1.82) is 0 Å². The minimum atomic E-state index is -0.308. The number of likely N-dealkylation sites (tertiary alicyclic amines) is 1. The van der Waals surface area contributed by atoms with E-state index >= 15 is 0 Å². The molecule has 0 radical (unpaired) electrons. The van der Waals surface area contributed by atoms with Crippen molar-refractivity contribution in [2.75, 3.05) is 13.1 Å². The van der Waals surface area contributed by atoms with Crippen molar-refractivity contribution < 1.29 is 9.53 Å². The van der Waals surface area contributed by atoms with Crippen molar-refractivity contribution in [2.24, 2.45) is 5.92 Å². The highest BCUT2D eigenvalue weighted by Crippen LogP contribution is 2.19. The van der Waals surface area contributed by atoms with Crippen LogP contribution in [0.5, 0.6) is 0 Å². The number of esters is 1. The largest absolute Gasteiger partial charge is 0.457 e. The average Bonchev–Trinajstić information content (AvgIpc) is 3.29. The normalized spacial score (nSPS) is 17.5. The van der Waals surface area contributed by atoms with E-state index in [1.54, 1.807) is 12.4 Å². The molecule has 1 aliphatic rings. The monoisotopic (exact) mass is 378 g/mol. The number of carbonyl (C=O) groups excluding carboxylic acids is 1. The molecule has 1 atom stereocenters. The lowest BCUT2D eigenvalue weighted by atomic mass is 10.2. The highest BCUT2D eigenvalue weighted by atomic mass is 16.5. The first-order chi connectivity index (χ1) is 13.6. The summed E-state index contributed by atoms with van der Waals surface area (Å²) in [7, 11) is 0. The molecule has 4 rings (SSSR count). The predicted octanol–water partition coefficient (Wildman–Crippen LogP) is 3.52. The Morgan fingerprint density at radius 3 is 2.86 bits per heavy atom. The zero-order chi connectivity index (χ0) is 19.5. The Hall–Kier alpha value is -2.73. The van der Waals surface area contributed by atoms with Crippen molar-refractivity contribution in [2.45, 2.75) is 39.5 Å². The molecule has 6 heteroatoms. The number of ether oxygens (including phenoxy) is 1. The Kier molecular flexibility index (Phi) is 5.39. The molecule has 3 aromatic rings. The van der Waals surface area contributed by atoms with Crippen LogP contribution in [0.1, 0.15) is 36.2 Å². The lowest BCUT2D eigenvalue weighted by Gasteiger charge is -2.16. The molecule has 0 unspecified atom stereocenters. The molecule has 0 bridgehead atoms. The van der Waals surface area contributed by atoms with E-state index < -0.39 is 0 Å². The van der Waals surface area contributed by atoms with Crippen molar-refractivity contribution >= 4 is 17.0 Å². The number of fused-ring (bicyclic) bond motifs is 1. The average molecular weight is 378 g/mol. The summed E-state index contributed by atoms with van der Waals surface area (Å²) < 4.78 is 7.62. The van der Waals surface area contributed by atoms with Crippen LogP contribution in [0.25, 0.3) is 11.0 Å². The second-order valence-electron chi connectivity index (χ2n) is 7.89. The predicted molar refractivity (Wildman–Crippen MR) is 108 cm³/mol. The molecule has 0 saturated carbocycles. The van der Waals surface area contributed by atoms with E-state index in [4.69, 9.17) is 4.74 Å². The molecule has 1 aromatic carbocycles. The van der Waals surface area contributed by atoms with Gasteiger partial charge >= 0.3 is 5.97 Å². The quantitative estimate of drug-likeness (QED) is 0.614. The highest BCUT2D eigenvalue weighted by Gasteiger charge is 2.26. The maximum atomic E-state index is 12.6. The van der Waals surface area contributed by atoms with Gasteiger partial charge in [0.25, 0.3) is 0 Å². The molecule has 3 heterocycles. The van der Waals surface area contributed by atoms with Gasteiger partial charge in [-0.1, -0.05) is 44.2 Å². The standard InChI is InChI=1S/C22H26N4O2/c1-16(2)13-26-21-18(12-24-26)10-19(11-23-21)22(27)28-20-8-9-25(15-20)14-17-6-4-3-5-7-17/h3-7,10-12,16,20H,8-9,13-15H2,1-2H3/t20-/m1/s1. The SMILES string of the molecule is CC(C)Cn1ncc2cc(C(=O)O[C@@H]3CCN(Cc4ccccc4)C3)cnc21. The van der Waals surface area contributed by atoms with Crippen molar-refractivity contribution in [3.63, 3.8) is 0 Å². The van der Waals surface area contributed by atoms with Gasteiger partial charge in [0.05, 0.1) is 11.8 Å². The first-order valence-corrected chi connectivity index (χ1v) is 9.87. The van der Waals surface area contributed by atoms with Gasteiger partial charge in [0.15, 0.2) is 5.65 Å². The van der Waals surface area contributed by atoms with Gasteiger partial charge < -0.3 is 4.74 Å². The van der Waals surface area contributed by atoms with E-state index in [0.29, 0.717) is 11.5 Å². The number of benzene rings is 1. The van der Waals surface area contributed by atoms with Crippen LogP contribution < -0.4 is 0 Å². The molecule has 1 aliphatic heterocycles. The summed E-state index contributed by atoms with van der Waals surface area (Å²) in [5.41, 5.74) is 2.57. The summed E-state index contributed by atoms with van der Waals surface area (Å²) in [6.07, 6.45) is 4.15. The molecule has 6 nitrogen and oxygen atoms in total. The third kappa shape index (κ3) is 4.22. The van der Waals surface area contributed by atoms with Crippen LogP contribution >= 0.6 is 0 Å². The van der Waals surface area contributed by atoms with Crippen molar-refractivity contribution in [3.8, 4) is 0 Å². The van der Waals surface area contributed by atoms with Crippen LogP contribution in [0.15, 0.2) is 48.8 Å². The molecule has 2 aromatic heterocycles. The second kappa shape index (κ2) is 8.10. The fourth-order valence-electron chi connectivity index (χ4n) is 3.66. The second-order valence-corrected chi connectivity index (χ2v) is 7.89. The number of pyridine rings is 1. The van der Waals surface area contributed by atoms with Crippen LogP contribution in [-0.2, 0) is 17.8 Å². The molecule has 0 aliphatic carbocycles. The fourth-order valence-corrected chi connectivity index (χ4v) is 3.66. The number of hydrogen-bond acceptors (Lipinski definition) is 5. The number of hydrogen-bond donors (Lipinski definition) is 0. The van der Waals surface area contributed by atoms with Gasteiger partial charge in [-0.25, -0.2) is 14.5 Å². The molecular weight excluding hydrogens is 352 g/mol. The number of carbonyl (C=O) groups is 1. The molecule has 1 fully saturated rings. The van der Waals surface area contributed by atoms with E-state index in [-0.39, 0.29) is 12.1 Å². The lowest BCUT2D eigenvalue weighted by molar-refractivity contribution is 0.0320. The summed E-state index contributed by atoms with van der Waals surface area (Å²) in [5.74, 6) is 0.174. The topological polar surface area (TPSA) is 60.3 Å².